The number of imide groups is 1. The zero-order chi connectivity index (χ0) is 45.0. The van der Waals surface area contributed by atoms with Crippen LogP contribution in [-0.2, 0) is 16.9 Å². The molecule has 0 spiro atoms. The molecule has 4 aromatic carbocycles. The number of urea groups is 1. The van der Waals surface area contributed by atoms with E-state index in [1.54, 1.807) is 31.0 Å². The highest BCUT2D eigenvalue weighted by Gasteiger charge is 2.27. The predicted molar refractivity (Wildman–Crippen MR) is 238 cm³/mol. The summed E-state index contributed by atoms with van der Waals surface area (Å²) in [7, 11) is 1.77. The maximum atomic E-state index is 15.1. The standard InChI is InChI=1S/C48H50F2N8O5/c1-28-9-12-32(21-41(28)58-20-17-42(59)56-47(58)62)46(61)57(5)19-8-6-7-18-51-26-30-10-13-31(14-11-30)40-25-37-43(52-27-53-44(37)54-40)36-23-34(49)24-39(29(36)2)55-45(60)35-16-15-33(22-38(35)50)48(3,4)63/h9-16,21-25,27,51,63H,6-8,17-20,26H2,1-5H3,(H,55,60)(H,52,53,54)(H,56,59,62). The zero-order valence-electron chi connectivity index (χ0n) is 35.9. The van der Waals surface area contributed by atoms with E-state index < -0.39 is 29.2 Å². The first-order valence-electron chi connectivity index (χ1n) is 20.8. The largest absolute Gasteiger partial charge is 0.386 e. The van der Waals surface area contributed by atoms with Crippen LogP contribution in [0.1, 0.15) is 82.5 Å². The second kappa shape index (κ2) is 18.6. The van der Waals surface area contributed by atoms with Gasteiger partial charge in [-0.2, -0.15) is 0 Å². The number of aromatic amines is 1. The molecule has 1 aliphatic heterocycles. The normalized spacial score (nSPS) is 13.0. The van der Waals surface area contributed by atoms with Gasteiger partial charge in [0.2, 0.25) is 5.91 Å². The summed E-state index contributed by atoms with van der Waals surface area (Å²) in [6.07, 6.45) is 4.30. The second-order valence-electron chi connectivity index (χ2n) is 16.4. The van der Waals surface area contributed by atoms with Crippen LogP contribution in [0.5, 0.6) is 0 Å². The number of carbonyl (C=O) groups is 4. The number of anilines is 2. The Bertz CT molecular complexity index is 2710. The van der Waals surface area contributed by atoms with Crippen LogP contribution in [0.15, 0.2) is 85.2 Å². The Balaban J connectivity index is 0.912. The van der Waals surface area contributed by atoms with Crippen molar-refractivity contribution >= 4 is 46.2 Å². The van der Waals surface area contributed by atoms with Crippen molar-refractivity contribution in [3.8, 4) is 22.5 Å². The number of nitrogens with zero attached hydrogens (tertiary/aromatic N) is 4. The summed E-state index contributed by atoms with van der Waals surface area (Å²) in [4.78, 5) is 65.8. The number of amides is 5. The number of halogens is 2. The van der Waals surface area contributed by atoms with Crippen molar-refractivity contribution in [2.75, 3.05) is 36.9 Å². The Kier molecular flexibility index (Phi) is 13.1. The van der Waals surface area contributed by atoms with Gasteiger partial charge in [-0.15, -0.1) is 0 Å². The van der Waals surface area contributed by atoms with E-state index in [9.17, 15) is 28.7 Å². The van der Waals surface area contributed by atoms with Gasteiger partial charge in [-0.05, 0) is 117 Å². The van der Waals surface area contributed by atoms with Gasteiger partial charge in [0.05, 0.1) is 16.9 Å². The molecule has 63 heavy (non-hydrogen) atoms. The van der Waals surface area contributed by atoms with Crippen molar-refractivity contribution in [1.82, 2.24) is 30.5 Å². The van der Waals surface area contributed by atoms with Gasteiger partial charge in [-0.3, -0.25) is 24.6 Å². The highest BCUT2D eigenvalue weighted by Crippen LogP contribution is 2.35. The predicted octanol–water partition coefficient (Wildman–Crippen LogP) is 8.15. The van der Waals surface area contributed by atoms with Crippen LogP contribution in [0.4, 0.5) is 25.0 Å². The van der Waals surface area contributed by atoms with Crippen LogP contribution in [-0.4, -0.2) is 75.4 Å². The maximum Gasteiger partial charge on any atom is 0.328 e. The number of aliphatic hydroxyl groups is 1. The molecular weight excluding hydrogens is 807 g/mol. The van der Waals surface area contributed by atoms with Gasteiger partial charge < -0.3 is 25.6 Å². The minimum absolute atomic E-state index is 0.127. The van der Waals surface area contributed by atoms with Crippen LogP contribution in [0.25, 0.3) is 33.5 Å². The van der Waals surface area contributed by atoms with Crippen LogP contribution in [0, 0.1) is 25.5 Å². The first kappa shape index (κ1) is 44.2. The number of unbranched alkanes of at least 4 members (excludes halogenated alkanes) is 2. The Labute approximate surface area is 363 Å². The Morgan fingerprint density at radius 3 is 2.44 bits per heavy atom. The molecule has 2 aromatic heterocycles. The molecule has 13 nitrogen and oxygen atoms in total. The molecule has 1 aliphatic rings. The fourth-order valence-corrected chi connectivity index (χ4v) is 7.59. The van der Waals surface area contributed by atoms with Crippen molar-refractivity contribution in [3.05, 3.63) is 130 Å². The van der Waals surface area contributed by atoms with Crippen molar-refractivity contribution < 1.29 is 33.1 Å². The number of aromatic nitrogens is 3. The second-order valence-corrected chi connectivity index (χ2v) is 16.4. The highest BCUT2D eigenvalue weighted by atomic mass is 19.1. The van der Waals surface area contributed by atoms with Crippen molar-refractivity contribution in [2.24, 2.45) is 0 Å². The van der Waals surface area contributed by atoms with Gasteiger partial charge in [0.15, 0.2) is 0 Å². The summed E-state index contributed by atoms with van der Waals surface area (Å²) in [5, 5.41) is 19.4. The third-order valence-electron chi connectivity index (χ3n) is 11.3. The van der Waals surface area contributed by atoms with E-state index in [-0.39, 0.29) is 36.0 Å². The molecular formula is C48H50F2N8O5. The van der Waals surface area contributed by atoms with E-state index in [4.69, 9.17) is 0 Å². The molecule has 0 atom stereocenters. The fraction of sp³-hybridized carbons (Fsp3) is 0.292. The van der Waals surface area contributed by atoms with Crippen LogP contribution in [0.3, 0.4) is 0 Å². The van der Waals surface area contributed by atoms with Crippen molar-refractivity contribution in [1.29, 1.82) is 0 Å². The van der Waals surface area contributed by atoms with Crippen molar-refractivity contribution in [2.45, 2.75) is 65.5 Å². The minimum Gasteiger partial charge on any atom is -0.386 e. The van der Waals surface area contributed by atoms with Crippen LogP contribution < -0.4 is 20.9 Å². The van der Waals surface area contributed by atoms with Gasteiger partial charge in [0, 0.05) is 66.7 Å². The molecule has 5 amide bonds. The molecule has 3 heterocycles. The molecule has 7 rings (SSSR count). The summed E-state index contributed by atoms with van der Waals surface area (Å²) in [6.45, 7) is 8.98. The fourth-order valence-electron chi connectivity index (χ4n) is 7.59. The summed E-state index contributed by atoms with van der Waals surface area (Å²) in [5.74, 6) is -2.62. The summed E-state index contributed by atoms with van der Waals surface area (Å²) >= 11 is 0. The molecule has 15 heteroatoms. The lowest BCUT2D eigenvalue weighted by Gasteiger charge is -2.28. The van der Waals surface area contributed by atoms with Crippen molar-refractivity contribution in [3.63, 3.8) is 0 Å². The number of hydrogen-bond acceptors (Lipinski definition) is 8. The maximum absolute atomic E-state index is 15.1. The zero-order valence-corrected chi connectivity index (χ0v) is 35.9. The van der Waals surface area contributed by atoms with Gasteiger partial charge in [0.25, 0.3) is 11.8 Å². The van der Waals surface area contributed by atoms with E-state index in [0.717, 1.165) is 54.3 Å². The molecule has 1 fully saturated rings. The minimum atomic E-state index is -1.29. The molecule has 0 radical (unpaired) electrons. The molecule has 0 unspecified atom stereocenters. The van der Waals surface area contributed by atoms with E-state index >= 15 is 4.39 Å². The molecule has 326 valence electrons. The SMILES string of the molecule is Cc1ccc(C(=O)N(C)CCCCCNCc2ccc(-c3cc4c(-c5cc(F)cc(NC(=O)c6ccc(C(C)(C)O)cc6F)c5C)ncnc4[nH]3)cc2)cc1N1CCC(=O)NC1=O. The van der Waals surface area contributed by atoms with E-state index in [1.807, 2.05) is 43.3 Å². The van der Waals surface area contributed by atoms with Gasteiger partial charge in [0.1, 0.15) is 23.6 Å². The van der Waals surface area contributed by atoms with Crippen LogP contribution >= 0.6 is 0 Å². The number of hydrogen-bond donors (Lipinski definition) is 5. The summed E-state index contributed by atoms with van der Waals surface area (Å²) < 4.78 is 30.1. The number of fused-ring (bicyclic) bond motifs is 1. The third-order valence-corrected chi connectivity index (χ3v) is 11.3. The van der Waals surface area contributed by atoms with Gasteiger partial charge in [-0.25, -0.2) is 23.5 Å². The number of nitrogens with one attached hydrogen (secondary N) is 4. The topological polar surface area (TPSA) is 173 Å². The van der Waals surface area contributed by atoms with E-state index in [1.165, 1.54) is 49.3 Å². The van der Waals surface area contributed by atoms with E-state index in [0.29, 0.717) is 57.8 Å². The third kappa shape index (κ3) is 10.1. The first-order valence-corrected chi connectivity index (χ1v) is 20.8. The molecule has 0 aliphatic carbocycles. The Morgan fingerprint density at radius 1 is 0.937 bits per heavy atom. The van der Waals surface area contributed by atoms with Crippen LogP contribution in [0.2, 0.25) is 0 Å². The Hall–Kier alpha value is -6.84. The monoisotopic (exact) mass is 856 g/mol. The molecule has 6 aromatic rings. The number of H-pyrrole nitrogens is 1. The van der Waals surface area contributed by atoms with Gasteiger partial charge >= 0.3 is 6.03 Å². The lowest BCUT2D eigenvalue weighted by Crippen LogP contribution is -2.49. The van der Waals surface area contributed by atoms with Gasteiger partial charge in [-0.1, -0.05) is 42.8 Å². The average molecular weight is 857 g/mol. The molecule has 0 bridgehead atoms. The quantitative estimate of drug-likeness (QED) is 0.0644. The highest BCUT2D eigenvalue weighted by molar-refractivity contribution is 6.07. The lowest BCUT2D eigenvalue weighted by molar-refractivity contribution is -0.120. The molecule has 0 saturated carbocycles. The Morgan fingerprint density at radius 2 is 1.71 bits per heavy atom. The lowest BCUT2D eigenvalue weighted by atomic mass is 9.96. The summed E-state index contributed by atoms with van der Waals surface area (Å²) in [6, 6.07) is 21.2. The molecule has 5 N–H and O–H groups in total. The number of rotatable bonds is 15. The number of aryl methyl sites for hydroxylation is 1. The number of benzene rings is 4. The van der Waals surface area contributed by atoms with E-state index in [2.05, 4.69) is 30.9 Å². The number of carbonyl (C=O) groups excluding carboxylic acids is 4. The average Bonchev–Trinajstić information content (AvgIpc) is 3.69. The molecule has 1 saturated heterocycles. The summed E-state index contributed by atoms with van der Waals surface area (Å²) in [5.41, 5.74) is 5.67. The first-order chi connectivity index (χ1) is 30.1. The smallest absolute Gasteiger partial charge is 0.328 e.